The number of aryl methyl sites for hydroxylation is 1. The first-order valence-electron chi connectivity index (χ1n) is 6.90. The summed E-state index contributed by atoms with van der Waals surface area (Å²) >= 11 is 0. The third kappa shape index (κ3) is 3.29. The molecule has 0 amide bonds. The van der Waals surface area contributed by atoms with Crippen LogP contribution in [0.2, 0.25) is 0 Å². The molecule has 2 N–H and O–H groups in total. The van der Waals surface area contributed by atoms with Gasteiger partial charge < -0.3 is 15.0 Å². The van der Waals surface area contributed by atoms with E-state index < -0.39 is 5.60 Å². The molecule has 5 nitrogen and oxygen atoms in total. The van der Waals surface area contributed by atoms with E-state index in [1.165, 1.54) is 12.8 Å². The molecule has 0 saturated heterocycles. The second-order valence-corrected chi connectivity index (χ2v) is 5.54. The molecule has 1 aromatic heterocycles. The van der Waals surface area contributed by atoms with Crippen LogP contribution in [0.1, 0.15) is 57.3 Å². The van der Waals surface area contributed by atoms with Crippen LogP contribution < -0.4 is 5.32 Å². The molecule has 1 saturated carbocycles. The monoisotopic (exact) mass is 252 g/mol. The summed E-state index contributed by atoms with van der Waals surface area (Å²) in [5, 5.41) is 21.9. The van der Waals surface area contributed by atoms with Gasteiger partial charge in [-0.15, -0.1) is 10.2 Å². The minimum atomic E-state index is -0.538. The maximum absolute atomic E-state index is 10.6. The molecule has 0 spiro atoms. The molecule has 1 aromatic rings. The summed E-state index contributed by atoms with van der Waals surface area (Å²) in [7, 11) is 1.94. The van der Waals surface area contributed by atoms with Gasteiger partial charge in [0.15, 0.2) is 0 Å². The lowest BCUT2D eigenvalue weighted by Crippen LogP contribution is -2.41. The van der Waals surface area contributed by atoms with Crippen molar-refractivity contribution in [3.8, 4) is 0 Å². The highest BCUT2D eigenvalue weighted by Gasteiger charge is 2.28. The molecule has 1 unspecified atom stereocenters. The van der Waals surface area contributed by atoms with E-state index in [0.29, 0.717) is 6.54 Å². The minimum Gasteiger partial charge on any atom is -0.389 e. The number of aliphatic hydroxyl groups is 1. The fourth-order valence-corrected chi connectivity index (χ4v) is 2.68. The fraction of sp³-hybridized carbons (Fsp3) is 0.846. The second-order valence-electron chi connectivity index (χ2n) is 5.54. The normalized spacial score (nSPS) is 21.5. The van der Waals surface area contributed by atoms with Gasteiger partial charge in [-0.3, -0.25) is 0 Å². The van der Waals surface area contributed by atoms with Crippen molar-refractivity contribution in [3.63, 3.8) is 0 Å². The average molecular weight is 252 g/mol. The predicted molar refractivity (Wildman–Crippen MR) is 70.1 cm³/mol. The molecule has 2 rings (SSSR count). The van der Waals surface area contributed by atoms with Gasteiger partial charge in [0.05, 0.1) is 11.6 Å². The Morgan fingerprint density at radius 2 is 2.06 bits per heavy atom. The van der Waals surface area contributed by atoms with Gasteiger partial charge in [0.25, 0.3) is 0 Å². The molecule has 5 heteroatoms. The number of hydrogen-bond donors (Lipinski definition) is 2. The van der Waals surface area contributed by atoms with Crippen LogP contribution in [0.4, 0.5) is 0 Å². The molecule has 102 valence electrons. The van der Waals surface area contributed by atoms with Gasteiger partial charge in [0.2, 0.25) is 0 Å². The van der Waals surface area contributed by atoms with Gasteiger partial charge in [-0.25, -0.2) is 0 Å². The van der Waals surface area contributed by atoms with E-state index in [4.69, 9.17) is 0 Å². The molecule has 1 aliphatic rings. The molecule has 18 heavy (non-hydrogen) atoms. The molecule has 1 aliphatic carbocycles. The van der Waals surface area contributed by atoms with E-state index in [9.17, 15) is 5.11 Å². The summed E-state index contributed by atoms with van der Waals surface area (Å²) in [6.45, 7) is 2.70. The van der Waals surface area contributed by atoms with E-state index in [-0.39, 0.29) is 6.04 Å². The van der Waals surface area contributed by atoms with Gasteiger partial charge in [0, 0.05) is 13.6 Å². The first-order valence-corrected chi connectivity index (χ1v) is 6.90. The smallest absolute Gasteiger partial charge is 0.149 e. The summed E-state index contributed by atoms with van der Waals surface area (Å²) < 4.78 is 1.91. The van der Waals surface area contributed by atoms with Crippen molar-refractivity contribution < 1.29 is 5.11 Å². The number of nitrogens with one attached hydrogen (secondary N) is 1. The van der Waals surface area contributed by atoms with Gasteiger partial charge >= 0.3 is 0 Å². The van der Waals surface area contributed by atoms with E-state index in [1.807, 2.05) is 11.6 Å². The third-order valence-corrected chi connectivity index (χ3v) is 3.91. The molecular weight excluding hydrogens is 228 g/mol. The topological polar surface area (TPSA) is 63.0 Å². The summed E-state index contributed by atoms with van der Waals surface area (Å²) in [4.78, 5) is 0. The largest absolute Gasteiger partial charge is 0.389 e. The van der Waals surface area contributed by atoms with Crippen molar-refractivity contribution in [1.29, 1.82) is 0 Å². The Kier molecular flexibility index (Phi) is 4.35. The molecular formula is C13H24N4O. The van der Waals surface area contributed by atoms with Gasteiger partial charge in [-0.2, -0.15) is 0 Å². The number of nitrogens with zero attached hydrogens (tertiary/aromatic N) is 3. The molecule has 1 atom stereocenters. The minimum absolute atomic E-state index is 0.116. The zero-order chi connectivity index (χ0) is 13.0. The van der Waals surface area contributed by atoms with Crippen molar-refractivity contribution in [2.75, 3.05) is 6.54 Å². The van der Waals surface area contributed by atoms with E-state index >= 15 is 0 Å². The first kappa shape index (κ1) is 13.5. The Hall–Kier alpha value is -0.940. The molecule has 1 fully saturated rings. The molecule has 1 heterocycles. The standard InChI is InChI=1S/C13H24N4O/c1-11(12-16-15-10-17(12)2)14-9-13(18)7-5-3-4-6-8-13/h10-11,14,18H,3-9H2,1-2H3. The van der Waals surface area contributed by atoms with Crippen LogP contribution in [-0.4, -0.2) is 32.0 Å². The molecule has 0 aliphatic heterocycles. The lowest BCUT2D eigenvalue weighted by atomic mass is 9.94. The lowest BCUT2D eigenvalue weighted by Gasteiger charge is -2.28. The summed E-state index contributed by atoms with van der Waals surface area (Å²) in [6.07, 6.45) is 8.29. The average Bonchev–Trinajstić information content (AvgIpc) is 2.65. The summed E-state index contributed by atoms with van der Waals surface area (Å²) in [6, 6.07) is 0.116. The predicted octanol–water partition coefficient (Wildman–Crippen LogP) is 1.55. The maximum Gasteiger partial charge on any atom is 0.149 e. The number of aromatic nitrogens is 3. The maximum atomic E-state index is 10.6. The zero-order valence-electron chi connectivity index (χ0n) is 11.4. The van der Waals surface area contributed by atoms with Crippen LogP contribution in [0.25, 0.3) is 0 Å². The molecule has 0 aromatic carbocycles. The van der Waals surface area contributed by atoms with Crippen LogP contribution in [0, 0.1) is 0 Å². The van der Waals surface area contributed by atoms with Crippen LogP contribution in [0.3, 0.4) is 0 Å². The highest BCUT2D eigenvalue weighted by molar-refractivity contribution is 4.94. The van der Waals surface area contributed by atoms with Crippen LogP contribution in [0.15, 0.2) is 6.33 Å². The Morgan fingerprint density at radius 1 is 1.39 bits per heavy atom. The quantitative estimate of drug-likeness (QED) is 0.798. The third-order valence-electron chi connectivity index (χ3n) is 3.91. The first-order chi connectivity index (χ1) is 8.61. The van der Waals surface area contributed by atoms with Crippen LogP contribution in [0.5, 0.6) is 0 Å². The zero-order valence-corrected chi connectivity index (χ0v) is 11.4. The number of rotatable bonds is 4. The van der Waals surface area contributed by atoms with Crippen molar-refractivity contribution in [2.24, 2.45) is 7.05 Å². The highest BCUT2D eigenvalue weighted by atomic mass is 16.3. The summed E-state index contributed by atoms with van der Waals surface area (Å²) in [5.74, 6) is 0.909. The van der Waals surface area contributed by atoms with Crippen molar-refractivity contribution in [3.05, 3.63) is 12.2 Å². The highest BCUT2D eigenvalue weighted by Crippen LogP contribution is 2.26. The Balaban J connectivity index is 1.88. The Bertz CT molecular complexity index is 369. The lowest BCUT2D eigenvalue weighted by molar-refractivity contribution is 0.0228. The fourth-order valence-electron chi connectivity index (χ4n) is 2.68. The van der Waals surface area contributed by atoms with Crippen LogP contribution in [-0.2, 0) is 7.05 Å². The summed E-state index contributed by atoms with van der Waals surface area (Å²) in [5.41, 5.74) is -0.538. The molecule has 0 radical (unpaired) electrons. The number of hydrogen-bond acceptors (Lipinski definition) is 4. The van der Waals surface area contributed by atoms with Gasteiger partial charge in [0.1, 0.15) is 12.2 Å². The van der Waals surface area contributed by atoms with Gasteiger partial charge in [-0.05, 0) is 19.8 Å². The Labute approximate surface area is 109 Å². The van der Waals surface area contributed by atoms with Gasteiger partial charge in [-0.1, -0.05) is 25.7 Å². The Morgan fingerprint density at radius 3 is 2.61 bits per heavy atom. The molecule has 0 bridgehead atoms. The van der Waals surface area contributed by atoms with E-state index in [0.717, 1.165) is 31.5 Å². The second kappa shape index (κ2) is 5.80. The van der Waals surface area contributed by atoms with E-state index in [2.05, 4.69) is 22.4 Å². The SMILES string of the molecule is CC(NCC1(O)CCCCCC1)c1nncn1C. The van der Waals surface area contributed by atoms with Crippen LogP contribution >= 0.6 is 0 Å². The van der Waals surface area contributed by atoms with Crippen molar-refractivity contribution in [1.82, 2.24) is 20.1 Å². The van der Waals surface area contributed by atoms with Crippen molar-refractivity contribution in [2.45, 2.75) is 57.1 Å². The van der Waals surface area contributed by atoms with Crippen molar-refractivity contribution >= 4 is 0 Å². The van der Waals surface area contributed by atoms with E-state index in [1.54, 1.807) is 6.33 Å².